The molecule has 0 aromatic heterocycles. The van der Waals surface area contributed by atoms with Crippen molar-refractivity contribution in [3.05, 3.63) is 41.9 Å². The van der Waals surface area contributed by atoms with Crippen LogP contribution >= 0.6 is 23.4 Å². The van der Waals surface area contributed by atoms with E-state index in [1.54, 1.807) is 11.8 Å². The third kappa shape index (κ3) is 5.26. The number of benzene rings is 1. The van der Waals surface area contributed by atoms with Crippen molar-refractivity contribution >= 4 is 23.4 Å². The van der Waals surface area contributed by atoms with Crippen LogP contribution in [0.3, 0.4) is 0 Å². The quantitative estimate of drug-likeness (QED) is 0.606. The molecule has 0 saturated carbocycles. The molecule has 1 nitrogen and oxygen atoms in total. The topological polar surface area (TPSA) is 20.2 Å². The lowest BCUT2D eigenvalue weighted by molar-refractivity contribution is 0.190. The van der Waals surface area contributed by atoms with Gasteiger partial charge in [-0.25, -0.2) is 0 Å². The Hall–Kier alpha value is -0.440. The predicted octanol–water partition coefficient (Wildman–Crippen LogP) is 3.76. The average molecular weight is 243 g/mol. The van der Waals surface area contributed by atoms with Crippen LogP contribution in [0.4, 0.5) is 0 Å². The van der Waals surface area contributed by atoms with Gasteiger partial charge >= 0.3 is 0 Å². The van der Waals surface area contributed by atoms with Crippen LogP contribution in [0.15, 0.2) is 41.8 Å². The Morgan fingerprint density at radius 1 is 1.40 bits per heavy atom. The first-order valence-corrected chi connectivity index (χ1v) is 6.26. The maximum atomic E-state index is 9.60. The molecule has 0 aliphatic carbocycles. The summed E-state index contributed by atoms with van der Waals surface area (Å²) in [6.45, 7) is 3.63. The summed E-state index contributed by atoms with van der Waals surface area (Å²) >= 11 is 7.42. The molecule has 1 N–H and O–H groups in total. The summed E-state index contributed by atoms with van der Waals surface area (Å²) in [4.78, 5) is 1.14. The van der Waals surface area contributed by atoms with Gasteiger partial charge in [-0.2, -0.15) is 0 Å². The zero-order valence-corrected chi connectivity index (χ0v) is 10.1. The summed E-state index contributed by atoms with van der Waals surface area (Å²) in [5, 5.41) is 10.3. The molecular weight excluding hydrogens is 228 g/mol. The zero-order chi connectivity index (χ0) is 11.1. The Morgan fingerprint density at radius 3 is 2.67 bits per heavy atom. The number of hydrogen-bond acceptors (Lipinski definition) is 2. The first-order chi connectivity index (χ1) is 7.22. The van der Waals surface area contributed by atoms with Crippen LogP contribution < -0.4 is 0 Å². The van der Waals surface area contributed by atoms with Crippen molar-refractivity contribution in [1.29, 1.82) is 0 Å². The van der Waals surface area contributed by atoms with Crippen LogP contribution in [0.1, 0.15) is 12.8 Å². The Labute approximate surface area is 100 Å². The molecule has 1 aromatic carbocycles. The molecule has 0 spiro atoms. The molecule has 82 valence electrons. The smallest absolute Gasteiger partial charge is 0.0637 e. The second-order valence-electron chi connectivity index (χ2n) is 3.28. The SMILES string of the molecule is C=CCCC(O)CSc1ccc(Cl)cc1. The van der Waals surface area contributed by atoms with E-state index in [-0.39, 0.29) is 6.10 Å². The molecule has 1 aromatic rings. The van der Waals surface area contributed by atoms with Gasteiger partial charge in [0.25, 0.3) is 0 Å². The highest BCUT2D eigenvalue weighted by Crippen LogP contribution is 2.21. The summed E-state index contributed by atoms with van der Waals surface area (Å²) in [7, 11) is 0. The fraction of sp³-hybridized carbons (Fsp3) is 0.333. The van der Waals surface area contributed by atoms with E-state index in [1.807, 2.05) is 30.3 Å². The number of allylic oxidation sites excluding steroid dienone is 1. The second kappa shape index (κ2) is 6.94. The number of thioether (sulfide) groups is 1. The molecule has 0 saturated heterocycles. The Morgan fingerprint density at radius 2 is 2.07 bits per heavy atom. The molecule has 1 atom stereocenters. The largest absolute Gasteiger partial charge is 0.392 e. The number of aliphatic hydroxyl groups excluding tert-OH is 1. The molecule has 0 radical (unpaired) electrons. The Balaban J connectivity index is 2.30. The molecule has 0 aliphatic rings. The van der Waals surface area contributed by atoms with E-state index in [4.69, 9.17) is 11.6 Å². The van der Waals surface area contributed by atoms with E-state index < -0.39 is 0 Å². The fourth-order valence-electron chi connectivity index (χ4n) is 1.12. The summed E-state index contributed by atoms with van der Waals surface area (Å²) in [5.74, 6) is 0.718. The van der Waals surface area contributed by atoms with E-state index in [2.05, 4.69) is 6.58 Å². The van der Waals surface area contributed by atoms with Crippen molar-refractivity contribution < 1.29 is 5.11 Å². The van der Waals surface area contributed by atoms with Gasteiger partial charge in [0.2, 0.25) is 0 Å². The van der Waals surface area contributed by atoms with Crippen molar-refractivity contribution in [2.75, 3.05) is 5.75 Å². The number of hydrogen-bond donors (Lipinski definition) is 1. The van der Waals surface area contributed by atoms with Gasteiger partial charge in [-0.15, -0.1) is 18.3 Å². The van der Waals surface area contributed by atoms with Crippen LogP contribution in [0, 0.1) is 0 Å². The highest BCUT2D eigenvalue weighted by Gasteiger charge is 2.03. The lowest BCUT2D eigenvalue weighted by atomic mass is 10.2. The van der Waals surface area contributed by atoms with Crippen LogP contribution in [0.5, 0.6) is 0 Å². The fourth-order valence-corrected chi connectivity index (χ4v) is 2.12. The Bertz CT molecular complexity index is 297. The van der Waals surface area contributed by atoms with Crippen LogP contribution in [0.25, 0.3) is 0 Å². The molecule has 1 unspecified atom stereocenters. The maximum Gasteiger partial charge on any atom is 0.0637 e. The molecule has 0 bridgehead atoms. The molecule has 0 aliphatic heterocycles. The lowest BCUT2D eigenvalue weighted by Gasteiger charge is -2.08. The minimum absolute atomic E-state index is 0.260. The number of rotatable bonds is 6. The standard InChI is InChI=1S/C12H15ClOS/c1-2-3-4-11(14)9-15-12-7-5-10(13)6-8-12/h2,5-8,11,14H,1,3-4,9H2. The minimum Gasteiger partial charge on any atom is -0.392 e. The molecule has 0 heterocycles. The van der Waals surface area contributed by atoms with E-state index in [1.165, 1.54) is 0 Å². The Kier molecular flexibility index (Phi) is 5.84. The van der Waals surface area contributed by atoms with E-state index in [0.717, 1.165) is 28.5 Å². The van der Waals surface area contributed by atoms with Gasteiger partial charge in [-0.1, -0.05) is 17.7 Å². The minimum atomic E-state index is -0.260. The molecule has 0 amide bonds. The molecular formula is C12H15ClOS. The van der Waals surface area contributed by atoms with E-state index in [9.17, 15) is 5.11 Å². The van der Waals surface area contributed by atoms with Crippen LogP contribution in [-0.2, 0) is 0 Å². The van der Waals surface area contributed by atoms with Gasteiger partial charge in [0.15, 0.2) is 0 Å². The van der Waals surface area contributed by atoms with Crippen molar-refractivity contribution in [2.24, 2.45) is 0 Å². The molecule has 0 fully saturated rings. The summed E-state index contributed by atoms with van der Waals surface area (Å²) < 4.78 is 0. The second-order valence-corrected chi connectivity index (χ2v) is 4.81. The van der Waals surface area contributed by atoms with Crippen LogP contribution in [0.2, 0.25) is 5.02 Å². The lowest BCUT2D eigenvalue weighted by Crippen LogP contribution is -2.08. The first-order valence-electron chi connectivity index (χ1n) is 4.89. The van der Waals surface area contributed by atoms with Gasteiger partial charge in [0.1, 0.15) is 0 Å². The maximum absolute atomic E-state index is 9.60. The number of halogens is 1. The average Bonchev–Trinajstić information content (AvgIpc) is 2.25. The molecule has 3 heteroatoms. The molecule has 15 heavy (non-hydrogen) atoms. The summed E-state index contributed by atoms with van der Waals surface area (Å²) in [6, 6.07) is 7.65. The number of aliphatic hydroxyl groups is 1. The van der Waals surface area contributed by atoms with Gasteiger partial charge in [0, 0.05) is 15.7 Å². The van der Waals surface area contributed by atoms with Crippen molar-refractivity contribution in [2.45, 2.75) is 23.8 Å². The van der Waals surface area contributed by atoms with Crippen molar-refractivity contribution in [1.82, 2.24) is 0 Å². The van der Waals surface area contributed by atoms with Gasteiger partial charge in [0.05, 0.1) is 6.10 Å². The monoisotopic (exact) mass is 242 g/mol. The van der Waals surface area contributed by atoms with Crippen LogP contribution in [-0.4, -0.2) is 17.0 Å². The first kappa shape index (κ1) is 12.6. The van der Waals surface area contributed by atoms with Gasteiger partial charge < -0.3 is 5.11 Å². The van der Waals surface area contributed by atoms with Gasteiger partial charge in [-0.3, -0.25) is 0 Å². The molecule has 1 rings (SSSR count). The zero-order valence-electron chi connectivity index (χ0n) is 8.53. The highest BCUT2D eigenvalue weighted by molar-refractivity contribution is 7.99. The highest BCUT2D eigenvalue weighted by atomic mass is 35.5. The van der Waals surface area contributed by atoms with Crippen molar-refractivity contribution in [3.8, 4) is 0 Å². The third-order valence-corrected chi connectivity index (χ3v) is 3.37. The van der Waals surface area contributed by atoms with Gasteiger partial charge in [-0.05, 0) is 37.1 Å². The summed E-state index contributed by atoms with van der Waals surface area (Å²) in [5.41, 5.74) is 0. The van der Waals surface area contributed by atoms with E-state index in [0.29, 0.717) is 0 Å². The third-order valence-electron chi connectivity index (χ3n) is 1.96. The summed E-state index contributed by atoms with van der Waals surface area (Å²) in [6.07, 6.45) is 3.21. The normalized spacial score (nSPS) is 12.4. The predicted molar refractivity (Wildman–Crippen MR) is 67.6 cm³/mol. The van der Waals surface area contributed by atoms with Crippen molar-refractivity contribution in [3.63, 3.8) is 0 Å². The van der Waals surface area contributed by atoms with E-state index >= 15 is 0 Å².